The molecule has 0 saturated carbocycles. The SMILES string of the molecule is C1=CC(N(c2ccccc2)c2ccccc2-c2ccc3oc4c5ccccc5ccc4c3c2)CC(n2c3ccccc3c3ccccc32)=C1. The van der Waals surface area contributed by atoms with Gasteiger partial charge in [-0.1, -0.05) is 121 Å². The van der Waals surface area contributed by atoms with Crippen LogP contribution < -0.4 is 4.90 Å². The van der Waals surface area contributed by atoms with Gasteiger partial charge in [0.1, 0.15) is 11.2 Å². The number of allylic oxidation sites excluding steroid dienone is 2. The first-order chi connectivity index (χ1) is 24.3. The van der Waals surface area contributed by atoms with Gasteiger partial charge in [0.15, 0.2) is 0 Å². The first-order valence-corrected chi connectivity index (χ1v) is 17.0. The lowest BCUT2D eigenvalue weighted by Crippen LogP contribution is -2.31. The molecule has 3 nitrogen and oxygen atoms in total. The van der Waals surface area contributed by atoms with E-state index in [0.717, 1.165) is 45.0 Å². The summed E-state index contributed by atoms with van der Waals surface area (Å²) in [5.74, 6) is 0. The van der Waals surface area contributed by atoms with Crippen molar-refractivity contribution in [2.75, 3.05) is 4.90 Å². The summed E-state index contributed by atoms with van der Waals surface area (Å²) in [7, 11) is 0. The number of furan rings is 1. The van der Waals surface area contributed by atoms with Crippen LogP contribution in [0.2, 0.25) is 0 Å². The lowest BCUT2D eigenvalue weighted by atomic mass is 9.96. The highest BCUT2D eigenvalue weighted by Crippen LogP contribution is 2.43. The van der Waals surface area contributed by atoms with Gasteiger partial charge in [-0.2, -0.15) is 0 Å². The van der Waals surface area contributed by atoms with Gasteiger partial charge in [-0.05, 0) is 65.6 Å². The molecule has 49 heavy (non-hydrogen) atoms. The van der Waals surface area contributed by atoms with E-state index in [9.17, 15) is 0 Å². The Kier molecular flexibility index (Phi) is 6.31. The van der Waals surface area contributed by atoms with Crippen LogP contribution >= 0.6 is 0 Å². The molecule has 7 aromatic carbocycles. The van der Waals surface area contributed by atoms with Gasteiger partial charge in [0.25, 0.3) is 0 Å². The minimum Gasteiger partial charge on any atom is -0.455 e. The van der Waals surface area contributed by atoms with E-state index in [1.54, 1.807) is 0 Å². The second-order valence-corrected chi connectivity index (χ2v) is 12.9. The van der Waals surface area contributed by atoms with Crippen molar-refractivity contribution in [2.45, 2.75) is 12.5 Å². The smallest absolute Gasteiger partial charge is 0.143 e. The Labute approximate surface area is 284 Å². The maximum Gasteiger partial charge on any atom is 0.143 e. The van der Waals surface area contributed by atoms with Crippen molar-refractivity contribution in [3.8, 4) is 11.1 Å². The molecule has 1 unspecified atom stereocenters. The molecular weight excluding hydrogens is 597 g/mol. The highest BCUT2D eigenvalue weighted by molar-refractivity contribution is 6.16. The van der Waals surface area contributed by atoms with Crippen molar-refractivity contribution in [2.24, 2.45) is 0 Å². The highest BCUT2D eigenvalue weighted by atomic mass is 16.3. The van der Waals surface area contributed by atoms with E-state index < -0.39 is 0 Å². The van der Waals surface area contributed by atoms with Crippen LogP contribution in [-0.2, 0) is 0 Å². The first-order valence-electron chi connectivity index (χ1n) is 17.0. The third kappa shape index (κ3) is 4.43. The van der Waals surface area contributed by atoms with Crippen LogP contribution in [0.4, 0.5) is 11.4 Å². The van der Waals surface area contributed by atoms with Gasteiger partial charge in [0, 0.05) is 56.0 Å². The Hall–Kier alpha value is -6.32. The zero-order chi connectivity index (χ0) is 32.3. The summed E-state index contributed by atoms with van der Waals surface area (Å²) in [4.78, 5) is 2.51. The molecule has 1 atom stereocenters. The third-order valence-corrected chi connectivity index (χ3v) is 10.1. The molecule has 10 rings (SSSR count). The van der Waals surface area contributed by atoms with E-state index >= 15 is 0 Å². The minimum absolute atomic E-state index is 0.0910. The van der Waals surface area contributed by atoms with Gasteiger partial charge in [-0.3, -0.25) is 0 Å². The predicted molar refractivity (Wildman–Crippen MR) is 207 cm³/mol. The number of hydrogen-bond donors (Lipinski definition) is 0. The molecule has 2 heterocycles. The fourth-order valence-corrected chi connectivity index (χ4v) is 7.92. The standard InChI is InChI=1S/C46H32N2O/c1-2-14-33(15-3-1)47(34-16-12-17-35(30-34)48-43-23-10-7-20-38(43)39-21-8-11-24-44(39)48)42-22-9-6-18-36(42)32-26-28-45-41(29-32)40-27-25-31-13-4-5-19-37(31)46(40)49-45/h1-29,34H,30H2. The van der Waals surface area contributed by atoms with Crippen LogP contribution in [-0.4, -0.2) is 10.6 Å². The summed E-state index contributed by atoms with van der Waals surface area (Å²) in [6.07, 6.45) is 7.71. The summed E-state index contributed by atoms with van der Waals surface area (Å²) < 4.78 is 8.94. The highest BCUT2D eigenvalue weighted by Gasteiger charge is 2.26. The largest absolute Gasteiger partial charge is 0.455 e. The van der Waals surface area contributed by atoms with E-state index in [4.69, 9.17) is 4.42 Å². The first kappa shape index (κ1) is 27.8. The molecule has 0 spiro atoms. The van der Waals surface area contributed by atoms with Gasteiger partial charge in [-0.25, -0.2) is 0 Å². The Balaban J connectivity index is 1.11. The molecule has 3 heteroatoms. The fourth-order valence-electron chi connectivity index (χ4n) is 7.92. The van der Waals surface area contributed by atoms with Crippen molar-refractivity contribution in [3.63, 3.8) is 0 Å². The molecule has 0 saturated heterocycles. The number of hydrogen-bond acceptors (Lipinski definition) is 2. The van der Waals surface area contributed by atoms with E-state index in [1.165, 1.54) is 44.1 Å². The van der Waals surface area contributed by atoms with E-state index in [-0.39, 0.29) is 6.04 Å². The Morgan fingerprint density at radius 3 is 2.08 bits per heavy atom. The lowest BCUT2D eigenvalue weighted by molar-refractivity contribution is 0.672. The van der Waals surface area contributed by atoms with Crippen LogP contribution in [0.5, 0.6) is 0 Å². The van der Waals surface area contributed by atoms with Gasteiger partial charge in [0.05, 0.1) is 17.1 Å². The molecule has 1 aliphatic rings. The van der Waals surface area contributed by atoms with Crippen LogP contribution in [0, 0.1) is 0 Å². The second kappa shape index (κ2) is 11.1. The molecule has 0 fully saturated rings. The zero-order valence-electron chi connectivity index (χ0n) is 26.8. The number of para-hydroxylation sites is 4. The number of anilines is 2. The fraction of sp³-hybridized carbons (Fsp3) is 0.0435. The van der Waals surface area contributed by atoms with E-state index in [0.29, 0.717) is 0 Å². The second-order valence-electron chi connectivity index (χ2n) is 12.9. The predicted octanol–water partition coefficient (Wildman–Crippen LogP) is 12.5. The summed E-state index contributed by atoms with van der Waals surface area (Å²) >= 11 is 0. The minimum atomic E-state index is 0.0910. The molecule has 232 valence electrons. The van der Waals surface area contributed by atoms with Crippen molar-refractivity contribution in [1.82, 2.24) is 4.57 Å². The van der Waals surface area contributed by atoms with Crippen LogP contribution in [0.25, 0.3) is 71.3 Å². The van der Waals surface area contributed by atoms with E-state index in [2.05, 4.69) is 185 Å². The average molecular weight is 629 g/mol. The van der Waals surface area contributed by atoms with Crippen molar-refractivity contribution in [3.05, 3.63) is 176 Å². The maximum atomic E-state index is 6.48. The number of nitrogens with zero attached hydrogens (tertiary/aromatic N) is 2. The summed E-state index contributed by atoms with van der Waals surface area (Å²) in [5.41, 5.74) is 10.3. The molecule has 0 radical (unpaired) electrons. The summed E-state index contributed by atoms with van der Waals surface area (Å²) in [6.45, 7) is 0. The lowest BCUT2D eigenvalue weighted by Gasteiger charge is -2.35. The van der Waals surface area contributed by atoms with Gasteiger partial charge in [0.2, 0.25) is 0 Å². The topological polar surface area (TPSA) is 21.3 Å². The van der Waals surface area contributed by atoms with Crippen LogP contribution in [0.1, 0.15) is 6.42 Å². The number of aromatic nitrogens is 1. The average Bonchev–Trinajstić information content (AvgIpc) is 3.72. The Bertz CT molecular complexity index is 2710. The molecule has 1 aliphatic carbocycles. The van der Waals surface area contributed by atoms with E-state index in [1.807, 2.05) is 0 Å². The van der Waals surface area contributed by atoms with Gasteiger partial charge < -0.3 is 13.9 Å². The van der Waals surface area contributed by atoms with Crippen LogP contribution in [0.3, 0.4) is 0 Å². The summed E-state index contributed by atoms with van der Waals surface area (Å²) in [6, 6.07) is 56.7. The number of fused-ring (bicyclic) bond motifs is 8. The van der Waals surface area contributed by atoms with Crippen molar-refractivity contribution < 1.29 is 4.42 Å². The molecule has 0 aliphatic heterocycles. The van der Waals surface area contributed by atoms with Crippen molar-refractivity contribution in [1.29, 1.82) is 0 Å². The molecule has 0 bridgehead atoms. The monoisotopic (exact) mass is 628 g/mol. The third-order valence-electron chi connectivity index (χ3n) is 10.1. The Morgan fingerprint density at radius 2 is 1.27 bits per heavy atom. The maximum absolute atomic E-state index is 6.48. The molecular formula is C46H32N2O. The molecule has 2 aromatic heterocycles. The van der Waals surface area contributed by atoms with Gasteiger partial charge >= 0.3 is 0 Å². The molecule has 9 aromatic rings. The molecule has 0 N–H and O–H groups in total. The Morgan fingerprint density at radius 1 is 0.571 bits per heavy atom. The van der Waals surface area contributed by atoms with Crippen molar-refractivity contribution >= 4 is 71.6 Å². The molecule has 0 amide bonds. The quantitative estimate of drug-likeness (QED) is 0.189. The van der Waals surface area contributed by atoms with Crippen LogP contribution in [0.15, 0.2) is 180 Å². The number of rotatable bonds is 5. The normalized spacial score (nSPS) is 14.7. The number of benzene rings is 7. The summed E-state index contributed by atoms with van der Waals surface area (Å²) in [5, 5.41) is 7.17. The zero-order valence-corrected chi connectivity index (χ0v) is 26.8. The van der Waals surface area contributed by atoms with Gasteiger partial charge in [-0.15, -0.1) is 0 Å².